The van der Waals surface area contributed by atoms with Crippen molar-refractivity contribution in [3.8, 4) is 17.6 Å². The lowest BCUT2D eigenvalue weighted by molar-refractivity contribution is 0.0734. The van der Waals surface area contributed by atoms with Gasteiger partial charge in [0.15, 0.2) is 17.3 Å². The van der Waals surface area contributed by atoms with E-state index in [2.05, 4.69) is 48.2 Å². The van der Waals surface area contributed by atoms with Gasteiger partial charge in [0.05, 0.1) is 20.3 Å². The molecule has 2 unspecified atom stereocenters. The van der Waals surface area contributed by atoms with E-state index < -0.39 is 5.41 Å². The Morgan fingerprint density at radius 2 is 1.56 bits per heavy atom. The van der Waals surface area contributed by atoms with Crippen LogP contribution in [0.2, 0.25) is 0 Å². The van der Waals surface area contributed by atoms with E-state index >= 15 is 0 Å². The lowest BCUT2D eigenvalue weighted by Crippen LogP contribution is -2.53. The highest BCUT2D eigenvalue weighted by Crippen LogP contribution is 2.44. The van der Waals surface area contributed by atoms with Crippen LogP contribution in [0.4, 0.5) is 4.39 Å². The Balaban J connectivity index is 1.54. The second-order valence-electron chi connectivity index (χ2n) is 10.7. The van der Waals surface area contributed by atoms with Gasteiger partial charge < -0.3 is 9.47 Å². The predicted molar refractivity (Wildman–Crippen MR) is 159 cm³/mol. The molecular weight excluding hydrogens is 515 g/mol. The van der Waals surface area contributed by atoms with Crippen LogP contribution in [0.5, 0.6) is 11.5 Å². The summed E-state index contributed by atoms with van der Waals surface area (Å²) < 4.78 is 24.6. The number of hydrogen-bond acceptors (Lipinski definition) is 5. The molecule has 6 heteroatoms. The number of halogens is 1. The number of hydrogen-bond donors (Lipinski definition) is 0. The third-order valence-corrected chi connectivity index (χ3v) is 8.58. The number of carbonyl (C=O) groups is 1. The molecule has 1 heterocycles. The fraction of sp³-hybridized carbons (Fsp3) is 0.314. The number of rotatable bonds is 9. The highest BCUT2D eigenvalue weighted by molar-refractivity contribution is 5.97. The first kappa shape index (κ1) is 28.3. The van der Waals surface area contributed by atoms with Crippen molar-refractivity contribution in [3.63, 3.8) is 0 Å². The van der Waals surface area contributed by atoms with E-state index in [0.717, 1.165) is 28.3 Å². The molecule has 0 radical (unpaired) electrons. The minimum Gasteiger partial charge on any atom is -0.493 e. The van der Waals surface area contributed by atoms with Crippen LogP contribution in [-0.2, 0) is 5.41 Å². The molecule has 5 rings (SSSR count). The van der Waals surface area contributed by atoms with Crippen molar-refractivity contribution < 1.29 is 18.7 Å². The molecule has 0 saturated carbocycles. The number of carbonyl (C=O) groups excluding carboxylic acids is 1. The number of ether oxygens (including phenoxy) is 2. The maximum absolute atomic E-state index is 13.4. The van der Waals surface area contributed by atoms with Gasteiger partial charge in [-0.05, 0) is 96.7 Å². The van der Waals surface area contributed by atoms with Crippen molar-refractivity contribution in [1.82, 2.24) is 4.90 Å². The van der Waals surface area contributed by atoms with Gasteiger partial charge in [-0.3, -0.25) is 9.69 Å². The van der Waals surface area contributed by atoms with Gasteiger partial charge in [-0.15, -0.1) is 0 Å². The van der Waals surface area contributed by atoms with Gasteiger partial charge in [0.2, 0.25) is 0 Å². The fourth-order valence-electron chi connectivity index (χ4n) is 6.43. The summed E-state index contributed by atoms with van der Waals surface area (Å²) in [6.45, 7) is 3.48. The van der Waals surface area contributed by atoms with Crippen LogP contribution in [0.15, 0.2) is 84.9 Å². The van der Waals surface area contributed by atoms with Gasteiger partial charge in [-0.2, -0.15) is 5.26 Å². The summed E-state index contributed by atoms with van der Waals surface area (Å²) >= 11 is 0. The number of methoxy groups -OCH3 is 2. The molecular formula is C35H35FN2O3. The standard InChI is InChI=1S/C35H35FN2O3/c1-4-33(38-19-17-26(18-20-38)34(39)25-10-14-30(36)15-11-25)35(23-37,29-13-16-31(40-2)32(22-29)41-3)28-12-9-24-7-5-6-8-27(24)21-28/h5-16,21-22,26,33H,4,17-20H2,1-3H3. The summed E-state index contributed by atoms with van der Waals surface area (Å²) in [7, 11) is 3.20. The van der Waals surface area contributed by atoms with Gasteiger partial charge in [0.25, 0.3) is 0 Å². The maximum atomic E-state index is 13.4. The third kappa shape index (κ3) is 5.30. The van der Waals surface area contributed by atoms with Crippen LogP contribution < -0.4 is 9.47 Å². The molecule has 2 atom stereocenters. The Hall–Kier alpha value is -4.21. The van der Waals surface area contributed by atoms with E-state index in [-0.39, 0.29) is 23.6 Å². The lowest BCUT2D eigenvalue weighted by atomic mass is 9.67. The molecule has 5 nitrogen and oxygen atoms in total. The normalized spacial score (nSPS) is 16.5. The minimum atomic E-state index is -1.01. The van der Waals surface area contributed by atoms with Gasteiger partial charge >= 0.3 is 0 Å². The first-order chi connectivity index (χ1) is 19.9. The third-order valence-electron chi connectivity index (χ3n) is 8.58. The largest absolute Gasteiger partial charge is 0.493 e. The van der Waals surface area contributed by atoms with E-state index in [1.807, 2.05) is 30.3 Å². The number of likely N-dealkylation sites (tertiary alicyclic amines) is 1. The molecule has 4 aromatic rings. The second-order valence-corrected chi connectivity index (χ2v) is 10.7. The molecule has 4 aromatic carbocycles. The Labute approximate surface area is 241 Å². The quantitative estimate of drug-likeness (QED) is 0.207. The molecule has 0 spiro atoms. The van der Waals surface area contributed by atoms with E-state index in [1.165, 1.54) is 12.1 Å². The smallest absolute Gasteiger partial charge is 0.166 e. The minimum absolute atomic E-state index is 0.0543. The van der Waals surface area contributed by atoms with Crippen molar-refractivity contribution >= 4 is 16.6 Å². The highest BCUT2D eigenvalue weighted by Gasteiger charge is 2.46. The van der Waals surface area contributed by atoms with Crippen LogP contribution in [0.3, 0.4) is 0 Å². The Bertz CT molecular complexity index is 1570. The summed E-state index contributed by atoms with van der Waals surface area (Å²) in [5.41, 5.74) is 1.29. The second kappa shape index (κ2) is 12.1. The molecule has 1 aliphatic heterocycles. The first-order valence-corrected chi connectivity index (χ1v) is 14.1. The average molecular weight is 551 g/mol. The van der Waals surface area contributed by atoms with Crippen molar-refractivity contribution in [2.24, 2.45) is 5.92 Å². The first-order valence-electron chi connectivity index (χ1n) is 14.1. The number of ketones is 1. The maximum Gasteiger partial charge on any atom is 0.166 e. The number of benzene rings is 4. The van der Waals surface area contributed by atoms with Crippen LogP contribution >= 0.6 is 0 Å². The molecule has 0 N–H and O–H groups in total. The van der Waals surface area contributed by atoms with Gasteiger partial charge in [0, 0.05) is 17.5 Å². The van der Waals surface area contributed by atoms with E-state index in [4.69, 9.17) is 9.47 Å². The van der Waals surface area contributed by atoms with Crippen molar-refractivity contribution in [1.29, 1.82) is 5.26 Å². The number of nitrogens with zero attached hydrogens (tertiary/aromatic N) is 2. The van der Waals surface area contributed by atoms with Crippen molar-refractivity contribution in [2.75, 3.05) is 27.3 Å². The van der Waals surface area contributed by atoms with Gasteiger partial charge in [-0.25, -0.2) is 4.39 Å². The molecule has 0 aromatic heterocycles. The Kier molecular flexibility index (Phi) is 8.37. The van der Waals surface area contributed by atoms with Gasteiger partial charge in [-0.1, -0.05) is 49.4 Å². The zero-order valence-electron chi connectivity index (χ0n) is 23.8. The molecule has 1 fully saturated rings. The van der Waals surface area contributed by atoms with Gasteiger partial charge in [0.1, 0.15) is 11.2 Å². The zero-order valence-corrected chi connectivity index (χ0v) is 23.8. The van der Waals surface area contributed by atoms with E-state index in [1.54, 1.807) is 26.4 Å². The average Bonchev–Trinajstić information content (AvgIpc) is 3.03. The summed E-state index contributed by atoms with van der Waals surface area (Å²) in [6, 6.07) is 28.6. The summed E-state index contributed by atoms with van der Waals surface area (Å²) in [4.78, 5) is 15.6. The number of fused-ring (bicyclic) bond motifs is 1. The monoisotopic (exact) mass is 550 g/mol. The van der Waals surface area contributed by atoms with Crippen molar-refractivity contribution in [2.45, 2.75) is 37.6 Å². The van der Waals surface area contributed by atoms with Crippen molar-refractivity contribution in [3.05, 3.63) is 107 Å². The van der Waals surface area contributed by atoms with Crippen LogP contribution in [0, 0.1) is 23.1 Å². The Morgan fingerprint density at radius 3 is 2.20 bits per heavy atom. The predicted octanol–water partition coefficient (Wildman–Crippen LogP) is 7.18. The number of piperidine rings is 1. The summed E-state index contributed by atoms with van der Waals surface area (Å²) in [5, 5.41) is 13.3. The van der Waals surface area contributed by atoms with E-state index in [9.17, 15) is 14.4 Å². The van der Waals surface area contributed by atoms with Crippen LogP contribution in [0.25, 0.3) is 10.8 Å². The molecule has 0 amide bonds. The summed E-state index contributed by atoms with van der Waals surface area (Å²) in [5.74, 6) is 0.753. The topological polar surface area (TPSA) is 62.6 Å². The molecule has 41 heavy (non-hydrogen) atoms. The number of nitriles is 1. The SMILES string of the molecule is CCC(N1CCC(C(=O)c2ccc(F)cc2)CC1)C(C#N)(c1ccc(OC)c(OC)c1)c1ccc2ccccc2c1. The zero-order chi connectivity index (χ0) is 29.0. The fourth-order valence-corrected chi connectivity index (χ4v) is 6.43. The molecule has 1 saturated heterocycles. The molecule has 1 aliphatic rings. The molecule has 0 bridgehead atoms. The van der Waals surface area contributed by atoms with Crippen LogP contribution in [0.1, 0.15) is 47.7 Å². The van der Waals surface area contributed by atoms with E-state index in [0.29, 0.717) is 43.0 Å². The molecule has 0 aliphatic carbocycles. The Morgan fingerprint density at radius 1 is 0.927 bits per heavy atom. The van der Waals surface area contributed by atoms with Crippen LogP contribution in [-0.4, -0.2) is 44.0 Å². The lowest BCUT2D eigenvalue weighted by Gasteiger charge is -2.45. The highest BCUT2D eigenvalue weighted by atomic mass is 19.1. The summed E-state index contributed by atoms with van der Waals surface area (Å²) in [6.07, 6.45) is 2.08. The number of Topliss-reactive ketones (excluding diaryl/α,β-unsaturated/α-hetero) is 1. The molecule has 210 valence electrons.